The smallest absolute Gasteiger partial charge is 0.248 e. The first-order valence-corrected chi connectivity index (χ1v) is 8.33. The number of nitrogens with one attached hydrogen (secondary N) is 1. The molecule has 6 nitrogen and oxygen atoms in total. The van der Waals surface area contributed by atoms with E-state index in [1.807, 2.05) is 29.1 Å². The van der Waals surface area contributed by atoms with E-state index in [1.54, 1.807) is 12.1 Å². The van der Waals surface area contributed by atoms with Crippen molar-refractivity contribution < 1.29 is 9.53 Å². The van der Waals surface area contributed by atoms with E-state index in [0.29, 0.717) is 11.6 Å². The summed E-state index contributed by atoms with van der Waals surface area (Å²) in [6.07, 6.45) is 2.81. The summed E-state index contributed by atoms with van der Waals surface area (Å²) in [5.74, 6) is -0.402. The summed E-state index contributed by atoms with van der Waals surface area (Å²) in [6.45, 7) is 5.70. The number of ether oxygens (including phenoxy) is 1. The average Bonchev–Trinajstić information content (AvgIpc) is 3.21. The second-order valence-electron chi connectivity index (χ2n) is 6.42. The molecule has 0 saturated carbocycles. The molecule has 128 valence electrons. The SMILES string of the molecule is CC(C)n1nccc1[C@H]1OCC[C@@H]1NCc1ccc(C(N)=O)cc1. The van der Waals surface area contributed by atoms with E-state index in [9.17, 15) is 4.79 Å². The maximum absolute atomic E-state index is 11.1. The first kappa shape index (κ1) is 16.7. The van der Waals surface area contributed by atoms with E-state index in [2.05, 4.69) is 24.3 Å². The summed E-state index contributed by atoms with van der Waals surface area (Å²) in [5, 5.41) is 7.97. The van der Waals surface area contributed by atoms with E-state index >= 15 is 0 Å². The van der Waals surface area contributed by atoms with Gasteiger partial charge >= 0.3 is 0 Å². The molecule has 1 saturated heterocycles. The lowest BCUT2D eigenvalue weighted by atomic mass is 10.1. The van der Waals surface area contributed by atoms with Crippen molar-refractivity contribution in [3.8, 4) is 0 Å². The van der Waals surface area contributed by atoms with E-state index in [-0.39, 0.29) is 12.1 Å². The van der Waals surface area contributed by atoms with Crippen molar-refractivity contribution in [1.29, 1.82) is 0 Å². The zero-order valence-corrected chi connectivity index (χ0v) is 14.1. The minimum Gasteiger partial charge on any atom is -0.370 e. The molecule has 1 amide bonds. The minimum absolute atomic E-state index is 0.0137. The maximum Gasteiger partial charge on any atom is 0.248 e. The van der Waals surface area contributed by atoms with Crippen molar-refractivity contribution in [3.05, 3.63) is 53.3 Å². The van der Waals surface area contributed by atoms with Crippen LogP contribution >= 0.6 is 0 Å². The Bertz CT molecular complexity index is 693. The zero-order valence-electron chi connectivity index (χ0n) is 14.1. The average molecular weight is 328 g/mol. The number of amides is 1. The standard InChI is InChI=1S/C18H24N4O2/c1-12(2)22-16(7-9-21-22)17-15(8-10-24-17)20-11-13-3-5-14(6-4-13)18(19)23/h3-7,9,12,15,17,20H,8,10-11H2,1-2H3,(H2,19,23)/t15-,17-/m0/s1. The Morgan fingerprint density at radius 3 is 2.79 bits per heavy atom. The number of nitrogens with zero attached hydrogens (tertiary/aromatic N) is 2. The van der Waals surface area contributed by atoms with E-state index in [0.717, 1.165) is 30.8 Å². The molecule has 1 aromatic heterocycles. The maximum atomic E-state index is 11.1. The molecule has 2 aromatic rings. The van der Waals surface area contributed by atoms with Gasteiger partial charge in [0.15, 0.2) is 0 Å². The van der Waals surface area contributed by atoms with Crippen molar-refractivity contribution >= 4 is 5.91 Å². The molecule has 0 bridgehead atoms. The van der Waals surface area contributed by atoms with Crippen LogP contribution in [0.4, 0.5) is 0 Å². The fraction of sp³-hybridized carbons (Fsp3) is 0.444. The van der Waals surface area contributed by atoms with Gasteiger partial charge in [-0.05, 0) is 44.0 Å². The second kappa shape index (κ2) is 7.15. The molecule has 1 aliphatic rings. The molecule has 2 atom stereocenters. The number of carbonyl (C=O) groups is 1. The minimum atomic E-state index is -0.402. The topological polar surface area (TPSA) is 82.2 Å². The Morgan fingerprint density at radius 2 is 2.12 bits per heavy atom. The van der Waals surface area contributed by atoms with E-state index in [1.165, 1.54) is 0 Å². The lowest BCUT2D eigenvalue weighted by molar-refractivity contribution is 0.0899. The first-order chi connectivity index (χ1) is 11.6. The number of hydrogen-bond acceptors (Lipinski definition) is 4. The summed E-state index contributed by atoms with van der Waals surface area (Å²) in [6, 6.07) is 9.96. The van der Waals surface area contributed by atoms with Gasteiger partial charge in [-0.2, -0.15) is 5.10 Å². The van der Waals surface area contributed by atoms with E-state index in [4.69, 9.17) is 10.5 Å². The van der Waals surface area contributed by atoms with Crippen LogP contribution in [0.25, 0.3) is 0 Å². The Kier molecular flexibility index (Phi) is 4.97. The highest BCUT2D eigenvalue weighted by molar-refractivity contribution is 5.92. The number of benzene rings is 1. The van der Waals surface area contributed by atoms with E-state index < -0.39 is 5.91 Å². The van der Waals surface area contributed by atoms with Gasteiger partial charge in [0.25, 0.3) is 0 Å². The molecule has 0 unspecified atom stereocenters. The normalized spacial score (nSPS) is 20.6. The molecule has 1 aromatic carbocycles. The summed E-state index contributed by atoms with van der Waals surface area (Å²) in [5.41, 5.74) is 8.03. The molecule has 0 radical (unpaired) electrons. The fourth-order valence-corrected chi connectivity index (χ4v) is 3.11. The van der Waals surface area contributed by atoms with Crippen molar-refractivity contribution in [2.75, 3.05) is 6.61 Å². The largest absolute Gasteiger partial charge is 0.370 e. The number of rotatable bonds is 6. The van der Waals surface area contributed by atoms with Crippen LogP contribution in [0.2, 0.25) is 0 Å². The molecule has 3 rings (SSSR count). The highest BCUT2D eigenvalue weighted by Crippen LogP contribution is 2.30. The molecular weight excluding hydrogens is 304 g/mol. The Hall–Kier alpha value is -2.18. The van der Waals surface area contributed by atoms with Crippen molar-refractivity contribution in [2.24, 2.45) is 5.73 Å². The lowest BCUT2D eigenvalue weighted by Crippen LogP contribution is -2.32. The number of carbonyl (C=O) groups excluding carboxylic acids is 1. The Morgan fingerprint density at radius 1 is 1.38 bits per heavy atom. The van der Waals surface area contributed by atoms with Crippen LogP contribution in [0.5, 0.6) is 0 Å². The Labute approximate surface area is 142 Å². The van der Waals surface area contributed by atoms with Crippen LogP contribution in [0.15, 0.2) is 36.5 Å². The monoisotopic (exact) mass is 328 g/mol. The molecule has 3 N–H and O–H groups in total. The lowest BCUT2D eigenvalue weighted by Gasteiger charge is -2.22. The van der Waals surface area contributed by atoms with Crippen molar-refractivity contribution in [2.45, 2.75) is 45.0 Å². The summed E-state index contributed by atoms with van der Waals surface area (Å²) in [7, 11) is 0. The van der Waals surface area contributed by atoms with Crippen LogP contribution < -0.4 is 11.1 Å². The zero-order chi connectivity index (χ0) is 17.1. The van der Waals surface area contributed by atoms with Crippen LogP contribution in [-0.2, 0) is 11.3 Å². The quantitative estimate of drug-likeness (QED) is 0.851. The predicted octanol–water partition coefficient (Wildman–Crippen LogP) is 2.18. The molecule has 1 fully saturated rings. The van der Waals surface area contributed by atoms with Gasteiger partial charge < -0.3 is 15.8 Å². The molecular formula is C18H24N4O2. The number of hydrogen-bond donors (Lipinski definition) is 2. The molecule has 0 spiro atoms. The molecule has 6 heteroatoms. The molecule has 24 heavy (non-hydrogen) atoms. The van der Waals surface area contributed by atoms with Gasteiger partial charge in [0.2, 0.25) is 5.91 Å². The third-order valence-corrected chi connectivity index (χ3v) is 4.38. The summed E-state index contributed by atoms with van der Waals surface area (Å²) in [4.78, 5) is 11.1. The van der Waals surface area contributed by atoms with Crippen molar-refractivity contribution in [1.82, 2.24) is 15.1 Å². The van der Waals surface area contributed by atoms with Gasteiger partial charge in [0.05, 0.1) is 5.69 Å². The van der Waals surface area contributed by atoms with Crippen LogP contribution in [0.1, 0.15) is 54.0 Å². The van der Waals surface area contributed by atoms with Gasteiger partial charge in [-0.3, -0.25) is 9.48 Å². The number of nitrogens with two attached hydrogens (primary N) is 1. The number of aromatic nitrogens is 2. The fourth-order valence-electron chi connectivity index (χ4n) is 3.11. The summed E-state index contributed by atoms with van der Waals surface area (Å²) < 4.78 is 7.98. The molecule has 2 heterocycles. The molecule has 0 aliphatic carbocycles. The number of primary amides is 1. The van der Waals surface area contributed by atoms with Gasteiger partial charge in [-0.15, -0.1) is 0 Å². The van der Waals surface area contributed by atoms with Crippen LogP contribution in [0.3, 0.4) is 0 Å². The van der Waals surface area contributed by atoms with Crippen LogP contribution in [0, 0.1) is 0 Å². The highest BCUT2D eigenvalue weighted by Gasteiger charge is 2.32. The summed E-state index contributed by atoms with van der Waals surface area (Å²) >= 11 is 0. The third-order valence-electron chi connectivity index (χ3n) is 4.38. The van der Waals surface area contributed by atoms with Gasteiger partial charge in [0.1, 0.15) is 6.10 Å². The predicted molar refractivity (Wildman–Crippen MR) is 91.5 cm³/mol. The van der Waals surface area contributed by atoms with Crippen LogP contribution in [-0.4, -0.2) is 28.3 Å². The van der Waals surface area contributed by atoms with Gasteiger partial charge in [-0.1, -0.05) is 12.1 Å². The van der Waals surface area contributed by atoms with Crippen molar-refractivity contribution in [3.63, 3.8) is 0 Å². The Balaban J connectivity index is 1.66. The highest BCUT2D eigenvalue weighted by atomic mass is 16.5. The first-order valence-electron chi connectivity index (χ1n) is 8.33. The molecule has 1 aliphatic heterocycles. The second-order valence-corrected chi connectivity index (χ2v) is 6.42. The third kappa shape index (κ3) is 3.49. The van der Waals surface area contributed by atoms with Gasteiger partial charge in [-0.25, -0.2) is 0 Å². The van der Waals surface area contributed by atoms with Gasteiger partial charge in [0, 0.05) is 37.0 Å².